The third kappa shape index (κ3) is 3.70. The van der Waals surface area contributed by atoms with Crippen LogP contribution in [0.15, 0.2) is 23.6 Å². The Hall–Kier alpha value is -1.13. The molecule has 0 saturated carbocycles. The van der Waals surface area contributed by atoms with Gasteiger partial charge in [0, 0.05) is 17.5 Å². The summed E-state index contributed by atoms with van der Waals surface area (Å²) in [6.45, 7) is 8.44. The molecular weight excluding hydrogens is 266 g/mol. The Labute approximate surface area is 126 Å². The summed E-state index contributed by atoms with van der Waals surface area (Å²) in [6, 6.07) is 7.02. The van der Waals surface area contributed by atoms with Gasteiger partial charge in [0.15, 0.2) is 0 Å². The fraction of sp³-hybridized carbons (Fsp3) is 0.562. The normalized spacial score (nSPS) is 12.8. The van der Waals surface area contributed by atoms with Crippen LogP contribution in [0.1, 0.15) is 49.5 Å². The summed E-state index contributed by atoms with van der Waals surface area (Å²) in [5.41, 5.74) is 2.53. The van der Waals surface area contributed by atoms with Crippen LogP contribution in [0.4, 0.5) is 0 Å². The number of nitrogens with zero attached hydrogens (tertiary/aromatic N) is 2. The van der Waals surface area contributed by atoms with E-state index in [9.17, 15) is 0 Å². The van der Waals surface area contributed by atoms with Gasteiger partial charge in [-0.25, -0.2) is 0 Å². The fourth-order valence-corrected chi connectivity index (χ4v) is 3.26. The number of nitrogens with one attached hydrogen (secondary N) is 1. The van der Waals surface area contributed by atoms with Gasteiger partial charge in [-0.15, -0.1) is 11.3 Å². The van der Waals surface area contributed by atoms with Gasteiger partial charge < -0.3 is 5.32 Å². The van der Waals surface area contributed by atoms with Crippen LogP contribution < -0.4 is 5.32 Å². The molecule has 0 aliphatic rings. The van der Waals surface area contributed by atoms with Gasteiger partial charge in [0.2, 0.25) is 0 Å². The zero-order valence-electron chi connectivity index (χ0n) is 12.7. The lowest BCUT2D eigenvalue weighted by atomic mass is 10.1. The number of rotatable bonds is 8. The molecule has 1 atom stereocenters. The summed E-state index contributed by atoms with van der Waals surface area (Å²) in [6.07, 6.45) is 3.26. The van der Waals surface area contributed by atoms with E-state index in [-0.39, 0.29) is 0 Å². The van der Waals surface area contributed by atoms with E-state index >= 15 is 0 Å². The van der Waals surface area contributed by atoms with Crippen LogP contribution in [0.3, 0.4) is 0 Å². The van der Waals surface area contributed by atoms with Crippen molar-refractivity contribution in [1.29, 1.82) is 0 Å². The molecular formula is C16H25N3S. The van der Waals surface area contributed by atoms with Crippen LogP contribution in [0.2, 0.25) is 0 Å². The highest BCUT2D eigenvalue weighted by molar-refractivity contribution is 7.09. The topological polar surface area (TPSA) is 29.9 Å². The number of hydrogen-bond donors (Lipinski definition) is 1. The van der Waals surface area contributed by atoms with Gasteiger partial charge in [-0.2, -0.15) is 5.10 Å². The van der Waals surface area contributed by atoms with Gasteiger partial charge in [-0.05, 0) is 50.2 Å². The molecule has 0 amide bonds. The maximum Gasteiger partial charge on any atom is 0.0625 e. The Balaban J connectivity index is 2.12. The molecule has 0 saturated heterocycles. The van der Waals surface area contributed by atoms with Crippen LogP contribution >= 0.6 is 11.3 Å². The summed E-state index contributed by atoms with van der Waals surface area (Å²) < 4.78 is 2.15. The molecule has 110 valence electrons. The van der Waals surface area contributed by atoms with Crippen LogP contribution in [0.25, 0.3) is 0 Å². The molecule has 2 heterocycles. The second-order valence-corrected chi connectivity index (χ2v) is 5.99. The Morgan fingerprint density at radius 2 is 2.20 bits per heavy atom. The Kier molecular flexibility index (Phi) is 5.80. The van der Waals surface area contributed by atoms with Gasteiger partial charge >= 0.3 is 0 Å². The predicted molar refractivity (Wildman–Crippen MR) is 86.3 cm³/mol. The molecule has 4 heteroatoms. The smallest absolute Gasteiger partial charge is 0.0625 e. The van der Waals surface area contributed by atoms with Gasteiger partial charge in [-0.1, -0.05) is 19.9 Å². The van der Waals surface area contributed by atoms with Crippen molar-refractivity contribution in [2.45, 2.75) is 52.6 Å². The lowest BCUT2D eigenvalue weighted by Gasteiger charge is -2.18. The minimum absolute atomic E-state index is 0.398. The molecule has 0 aliphatic heterocycles. The third-order valence-electron chi connectivity index (χ3n) is 3.59. The summed E-state index contributed by atoms with van der Waals surface area (Å²) in [4.78, 5) is 1.46. The number of hydrogen-bond acceptors (Lipinski definition) is 3. The molecule has 0 spiro atoms. The Morgan fingerprint density at radius 1 is 1.35 bits per heavy atom. The molecule has 1 unspecified atom stereocenters. The first-order chi connectivity index (χ1) is 9.78. The number of thiophene rings is 1. The highest BCUT2D eigenvalue weighted by atomic mass is 32.1. The molecule has 20 heavy (non-hydrogen) atoms. The van der Waals surface area contributed by atoms with E-state index < -0.39 is 0 Å². The van der Waals surface area contributed by atoms with E-state index in [0.29, 0.717) is 6.04 Å². The Bertz CT molecular complexity index is 502. The van der Waals surface area contributed by atoms with Crippen molar-refractivity contribution >= 4 is 11.3 Å². The molecule has 0 bridgehead atoms. The minimum Gasteiger partial charge on any atom is -0.309 e. The van der Waals surface area contributed by atoms with E-state index in [2.05, 4.69) is 59.4 Å². The Morgan fingerprint density at radius 3 is 2.80 bits per heavy atom. The summed E-state index contributed by atoms with van der Waals surface area (Å²) >= 11 is 1.85. The van der Waals surface area contributed by atoms with E-state index in [1.807, 2.05) is 11.3 Å². The lowest BCUT2D eigenvalue weighted by molar-refractivity contribution is 0.467. The fourth-order valence-electron chi connectivity index (χ4n) is 2.54. The summed E-state index contributed by atoms with van der Waals surface area (Å²) in [7, 11) is 0. The van der Waals surface area contributed by atoms with Gasteiger partial charge in [0.1, 0.15) is 0 Å². The summed E-state index contributed by atoms with van der Waals surface area (Å²) in [5.74, 6) is 0. The first kappa shape index (κ1) is 15.3. The highest BCUT2D eigenvalue weighted by Crippen LogP contribution is 2.22. The van der Waals surface area contributed by atoms with Crippen molar-refractivity contribution in [2.24, 2.45) is 0 Å². The van der Waals surface area contributed by atoms with E-state index in [4.69, 9.17) is 0 Å². The van der Waals surface area contributed by atoms with Crippen LogP contribution in [-0.2, 0) is 19.4 Å². The van der Waals surface area contributed by atoms with Crippen LogP contribution in [0, 0.1) is 0 Å². The second kappa shape index (κ2) is 7.60. The zero-order valence-corrected chi connectivity index (χ0v) is 13.5. The van der Waals surface area contributed by atoms with Crippen molar-refractivity contribution in [3.8, 4) is 0 Å². The number of aromatic nitrogens is 2. The summed E-state index contributed by atoms with van der Waals surface area (Å²) in [5, 5.41) is 10.4. The second-order valence-electron chi connectivity index (χ2n) is 4.96. The molecule has 2 aromatic heterocycles. The first-order valence-electron chi connectivity index (χ1n) is 7.60. The molecule has 2 rings (SSSR count). The third-order valence-corrected chi connectivity index (χ3v) is 4.53. The molecule has 0 aliphatic carbocycles. The lowest BCUT2D eigenvalue weighted by Crippen LogP contribution is -2.24. The number of aryl methyl sites for hydroxylation is 3. The maximum absolute atomic E-state index is 4.67. The van der Waals surface area contributed by atoms with Crippen molar-refractivity contribution in [3.63, 3.8) is 0 Å². The molecule has 0 fully saturated rings. The maximum atomic E-state index is 4.67. The van der Waals surface area contributed by atoms with Crippen molar-refractivity contribution in [3.05, 3.63) is 39.8 Å². The van der Waals surface area contributed by atoms with Gasteiger partial charge in [-0.3, -0.25) is 4.68 Å². The average Bonchev–Trinajstić information content (AvgIpc) is 3.12. The standard InChI is InChI=1S/C16H25N3S/c1-4-13-12-16(19(6-3)18-13)15(17-5-2)10-9-14-8-7-11-20-14/h7-8,11-12,15,17H,4-6,9-10H2,1-3H3. The van der Waals surface area contributed by atoms with Crippen molar-refractivity contribution < 1.29 is 0 Å². The zero-order chi connectivity index (χ0) is 14.4. The van der Waals surface area contributed by atoms with Crippen LogP contribution in [0.5, 0.6) is 0 Å². The molecule has 0 aromatic carbocycles. The van der Waals surface area contributed by atoms with Crippen LogP contribution in [-0.4, -0.2) is 16.3 Å². The van der Waals surface area contributed by atoms with E-state index in [1.54, 1.807) is 0 Å². The average molecular weight is 291 g/mol. The largest absolute Gasteiger partial charge is 0.309 e. The first-order valence-corrected chi connectivity index (χ1v) is 8.48. The molecule has 0 radical (unpaired) electrons. The molecule has 2 aromatic rings. The van der Waals surface area contributed by atoms with E-state index in [0.717, 1.165) is 32.4 Å². The van der Waals surface area contributed by atoms with Crippen molar-refractivity contribution in [1.82, 2.24) is 15.1 Å². The SMILES string of the molecule is CCNC(CCc1cccs1)c1cc(CC)nn1CC. The predicted octanol–water partition coefficient (Wildman–Crippen LogP) is 3.81. The van der Waals surface area contributed by atoms with Crippen molar-refractivity contribution in [2.75, 3.05) is 6.54 Å². The minimum atomic E-state index is 0.398. The highest BCUT2D eigenvalue weighted by Gasteiger charge is 2.16. The monoisotopic (exact) mass is 291 g/mol. The quantitative estimate of drug-likeness (QED) is 0.801. The molecule has 3 nitrogen and oxygen atoms in total. The van der Waals surface area contributed by atoms with E-state index in [1.165, 1.54) is 16.3 Å². The van der Waals surface area contributed by atoms with Gasteiger partial charge in [0.25, 0.3) is 0 Å². The molecule has 1 N–H and O–H groups in total. The van der Waals surface area contributed by atoms with Gasteiger partial charge in [0.05, 0.1) is 11.4 Å².